The van der Waals surface area contributed by atoms with Crippen LogP contribution in [0.15, 0.2) is 23.1 Å². The second-order valence-electron chi connectivity index (χ2n) is 4.76. The molecule has 1 aliphatic carbocycles. The molecule has 0 spiro atoms. The first kappa shape index (κ1) is 15.1. The van der Waals surface area contributed by atoms with E-state index in [1.807, 2.05) is 0 Å². The maximum Gasteiger partial charge on any atom is 0.243 e. The molecule has 19 heavy (non-hydrogen) atoms. The van der Waals surface area contributed by atoms with Gasteiger partial charge in [-0.25, -0.2) is 8.42 Å². The molecular formula is C13H18INO3S. The summed E-state index contributed by atoms with van der Waals surface area (Å²) in [5.74, 6) is 0.697. The van der Waals surface area contributed by atoms with Gasteiger partial charge in [-0.2, -0.15) is 4.31 Å². The summed E-state index contributed by atoms with van der Waals surface area (Å²) in [5.41, 5.74) is 0. The Balaban J connectivity index is 2.30. The Labute approximate surface area is 128 Å². The molecule has 1 aromatic rings. The van der Waals surface area contributed by atoms with Crippen LogP contribution in [0.4, 0.5) is 0 Å². The van der Waals surface area contributed by atoms with E-state index in [0.29, 0.717) is 10.6 Å². The van der Waals surface area contributed by atoms with Crippen molar-refractivity contribution in [3.05, 3.63) is 21.8 Å². The number of hydrogen-bond donors (Lipinski definition) is 0. The first-order chi connectivity index (χ1) is 8.96. The summed E-state index contributed by atoms with van der Waals surface area (Å²) in [7, 11) is -0.134. The molecule has 0 N–H and O–H groups in total. The lowest BCUT2D eigenvalue weighted by atomic mass is 10.3. The van der Waals surface area contributed by atoms with Gasteiger partial charge in [-0.3, -0.25) is 0 Å². The Morgan fingerprint density at radius 3 is 2.47 bits per heavy atom. The van der Waals surface area contributed by atoms with E-state index < -0.39 is 10.0 Å². The SMILES string of the molecule is COc1ccc(S(=O)(=O)N(C)C2CCCC2)cc1I. The summed E-state index contributed by atoms with van der Waals surface area (Å²) in [6.07, 6.45) is 4.15. The Bertz CT molecular complexity index is 553. The average molecular weight is 395 g/mol. The zero-order valence-electron chi connectivity index (χ0n) is 11.1. The molecule has 0 amide bonds. The molecule has 0 aromatic heterocycles. The van der Waals surface area contributed by atoms with Crippen LogP contribution in [0.5, 0.6) is 5.75 Å². The molecule has 1 aromatic carbocycles. The van der Waals surface area contributed by atoms with Gasteiger partial charge in [0.2, 0.25) is 10.0 Å². The maximum absolute atomic E-state index is 12.6. The second kappa shape index (κ2) is 5.97. The van der Waals surface area contributed by atoms with Crippen molar-refractivity contribution in [2.24, 2.45) is 0 Å². The Kier molecular flexibility index (Phi) is 4.73. The number of hydrogen-bond acceptors (Lipinski definition) is 3. The number of benzene rings is 1. The molecule has 1 fully saturated rings. The lowest BCUT2D eigenvalue weighted by molar-refractivity contribution is 0.372. The van der Waals surface area contributed by atoms with E-state index in [1.165, 1.54) is 4.31 Å². The third-order valence-electron chi connectivity index (χ3n) is 3.64. The summed E-state index contributed by atoms with van der Waals surface area (Å²) in [6.45, 7) is 0. The minimum Gasteiger partial charge on any atom is -0.496 e. The molecule has 1 saturated carbocycles. The van der Waals surface area contributed by atoms with Crippen molar-refractivity contribution in [3.8, 4) is 5.75 Å². The van der Waals surface area contributed by atoms with Crippen LogP contribution in [0.1, 0.15) is 25.7 Å². The molecule has 0 saturated heterocycles. The molecule has 0 aliphatic heterocycles. The molecule has 6 heteroatoms. The van der Waals surface area contributed by atoms with Gasteiger partial charge in [0.25, 0.3) is 0 Å². The highest BCUT2D eigenvalue weighted by molar-refractivity contribution is 14.1. The molecular weight excluding hydrogens is 377 g/mol. The third kappa shape index (κ3) is 3.05. The summed E-state index contributed by atoms with van der Waals surface area (Å²) in [5, 5.41) is 0. The predicted molar refractivity (Wildman–Crippen MR) is 82.9 cm³/mol. The van der Waals surface area contributed by atoms with Crippen LogP contribution in [0.3, 0.4) is 0 Å². The highest BCUT2D eigenvalue weighted by Gasteiger charge is 2.30. The molecule has 4 nitrogen and oxygen atoms in total. The number of rotatable bonds is 4. The molecule has 106 valence electrons. The fourth-order valence-electron chi connectivity index (χ4n) is 2.44. The smallest absolute Gasteiger partial charge is 0.243 e. The third-order valence-corrected chi connectivity index (χ3v) is 6.39. The van der Waals surface area contributed by atoms with Gasteiger partial charge in [0.1, 0.15) is 5.75 Å². The number of methoxy groups -OCH3 is 1. The molecule has 0 radical (unpaired) electrons. The van der Waals surface area contributed by atoms with Crippen molar-refractivity contribution in [2.75, 3.05) is 14.2 Å². The van der Waals surface area contributed by atoms with Crippen LogP contribution in [-0.2, 0) is 10.0 Å². The fraction of sp³-hybridized carbons (Fsp3) is 0.538. The fourth-order valence-corrected chi connectivity index (χ4v) is 4.83. The number of halogens is 1. The largest absolute Gasteiger partial charge is 0.496 e. The van der Waals surface area contributed by atoms with Gasteiger partial charge in [0.05, 0.1) is 15.6 Å². The summed E-state index contributed by atoms with van der Waals surface area (Å²) >= 11 is 2.09. The first-order valence-corrected chi connectivity index (χ1v) is 8.80. The van der Waals surface area contributed by atoms with Crippen molar-refractivity contribution in [3.63, 3.8) is 0 Å². The van der Waals surface area contributed by atoms with E-state index in [-0.39, 0.29) is 6.04 Å². The quantitative estimate of drug-likeness (QED) is 0.737. The van der Waals surface area contributed by atoms with Gasteiger partial charge in [0, 0.05) is 13.1 Å². The summed E-state index contributed by atoms with van der Waals surface area (Å²) in [4.78, 5) is 0.340. The van der Waals surface area contributed by atoms with Crippen LogP contribution in [0, 0.1) is 3.57 Å². The first-order valence-electron chi connectivity index (χ1n) is 6.28. The van der Waals surface area contributed by atoms with Gasteiger partial charge in [0.15, 0.2) is 0 Å². The monoisotopic (exact) mass is 395 g/mol. The minimum absolute atomic E-state index is 0.143. The van der Waals surface area contributed by atoms with E-state index in [4.69, 9.17) is 4.74 Å². The van der Waals surface area contributed by atoms with Gasteiger partial charge < -0.3 is 4.74 Å². The summed E-state index contributed by atoms with van der Waals surface area (Å²) in [6, 6.07) is 5.13. The molecule has 0 bridgehead atoms. The normalized spacial score (nSPS) is 17.1. The number of ether oxygens (including phenoxy) is 1. The lowest BCUT2D eigenvalue weighted by Gasteiger charge is -2.23. The molecule has 2 rings (SSSR count). The van der Waals surface area contributed by atoms with Crippen molar-refractivity contribution < 1.29 is 13.2 Å². The van der Waals surface area contributed by atoms with Gasteiger partial charge in [-0.15, -0.1) is 0 Å². The van der Waals surface area contributed by atoms with Crippen molar-refractivity contribution in [1.29, 1.82) is 0 Å². The molecule has 1 aliphatic rings. The predicted octanol–water partition coefficient (Wildman–Crippen LogP) is 2.86. The highest BCUT2D eigenvalue weighted by Crippen LogP contribution is 2.29. The van der Waals surface area contributed by atoms with Gasteiger partial charge in [-0.1, -0.05) is 12.8 Å². The number of nitrogens with zero attached hydrogens (tertiary/aromatic N) is 1. The van der Waals surface area contributed by atoms with E-state index in [0.717, 1.165) is 29.3 Å². The van der Waals surface area contributed by atoms with E-state index in [1.54, 1.807) is 32.4 Å². The molecule has 0 atom stereocenters. The van der Waals surface area contributed by atoms with Crippen LogP contribution in [-0.4, -0.2) is 32.9 Å². The average Bonchev–Trinajstić information content (AvgIpc) is 2.91. The van der Waals surface area contributed by atoms with E-state index in [9.17, 15) is 8.42 Å². The number of sulfonamides is 1. The van der Waals surface area contributed by atoms with Crippen molar-refractivity contribution in [1.82, 2.24) is 4.31 Å². The Morgan fingerprint density at radius 2 is 1.95 bits per heavy atom. The standard InChI is InChI=1S/C13H18INO3S/c1-15(10-5-3-4-6-10)19(16,17)11-7-8-13(18-2)12(14)9-11/h7-10H,3-6H2,1-2H3. The van der Waals surface area contributed by atoms with E-state index in [2.05, 4.69) is 22.6 Å². The zero-order valence-corrected chi connectivity index (χ0v) is 14.1. The van der Waals surface area contributed by atoms with E-state index >= 15 is 0 Å². The van der Waals surface area contributed by atoms with Crippen LogP contribution in [0.2, 0.25) is 0 Å². The van der Waals surface area contributed by atoms with Crippen LogP contribution < -0.4 is 4.74 Å². The zero-order chi connectivity index (χ0) is 14.0. The van der Waals surface area contributed by atoms with Crippen molar-refractivity contribution >= 4 is 32.6 Å². The summed E-state index contributed by atoms with van der Waals surface area (Å²) < 4.78 is 32.6. The topological polar surface area (TPSA) is 46.6 Å². The second-order valence-corrected chi connectivity index (χ2v) is 7.92. The van der Waals surface area contributed by atoms with Gasteiger partial charge in [-0.05, 0) is 53.6 Å². The highest BCUT2D eigenvalue weighted by atomic mass is 127. The lowest BCUT2D eigenvalue weighted by Crippen LogP contribution is -2.35. The molecule has 0 unspecified atom stereocenters. The molecule has 0 heterocycles. The van der Waals surface area contributed by atoms with Crippen LogP contribution in [0.25, 0.3) is 0 Å². The Morgan fingerprint density at radius 1 is 1.32 bits per heavy atom. The van der Waals surface area contributed by atoms with Crippen molar-refractivity contribution in [2.45, 2.75) is 36.6 Å². The van der Waals surface area contributed by atoms with Crippen LogP contribution >= 0.6 is 22.6 Å². The Hall–Kier alpha value is -0.340. The maximum atomic E-state index is 12.6. The van der Waals surface area contributed by atoms with Gasteiger partial charge >= 0.3 is 0 Å². The minimum atomic E-state index is -3.40.